The largest absolute Gasteiger partial charge is 0.375 e. The van der Waals surface area contributed by atoms with E-state index in [4.69, 9.17) is 16.3 Å². The van der Waals surface area contributed by atoms with Gasteiger partial charge in [-0.05, 0) is 47.7 Å². The molecule has 1 fully saturated rings. The molecule has 1 aromatic rings. The van der Waals surface area contributed by atoms with Crippen LogP contribution in [0.5, 0.6) is 0 Å². The second kappa shape index (κ2) is 5.54. The van der Waals surface area contributed by atoms with E-state index in [1.165, 1.54) is 0 Å². The number of morpholine rings is 1. The highest BCUT2D eigenvalue weighted by Gasteiger charge is 2.22. The number of amides is 1. The number of carbonyl (C=O) groups is 1. The van der Waals surface area contributed by atoms with Crippen LogP contribution >= 0.6 is 34.2 Å². The van der Waals surface area contributed by atoms with Gasteiger partial charge in [-0.15, -0.1) is 0 Å². The summed E-state index contributed by atoms with van der Waals surface area (Å²) >= 11 is 8.17. The molecule has 92 valence electrons. The third-order valence-corrected chi connectivity index (χ3v) is 4.27. The van der Waals surface area contributed by atoms with E-state index in [1.807, 2.05) is 24.0 Å². The highest BCUT2D eigenvalue weighted by Crippen LogP contribution is 2.21. The van der Waals surface area contributed by atoms with E-state index in [0.717, 1.165) is 3.57 Å². The number of hydrogen-bond acceptors (Lipinski definition) is 2. The zero-order chi connectivity index (χ0) is 12.4. The van der Waals surface area contributed by atoms with Gasteiger partial charge in [-0.25, -0.2) is 0 Å². The standard InChI is InChI=1S/C12H13ClINO2/c1-8-7-15(4-5-17-8)12(16)9-2-3-11(14)10(13)6-9/h2-3,6,8H,4-5,7H2,1H3/t8-/m1/s1. The van der Waals surface area contributed by atoms with Crippen LogP contribution in [-0.4, -0.2) is 36.6 Å². The van der Waals surface area contributed by atoms with E-state index in [9.17, 15) is 4.79 Å². The number of ether oxygens (including phenoxy) is 1. The summed E-state index contributed by atoms with van der Waals surface area (Å²) in [5.41, 5.74) is 0.643. The molecule has 1 atom stereocenters. The van der Waals surface area contributed by atoms with Crippen LogP contribution in [0.1, 0.15) is 17.3 Å². The molecule has 1 aromatic carbocycles. The molecular weight excluding hydrogens is 352 g/mol. The Hall–Kier alpha value is -0.330. The monoisotopic (exact) mass is 365 g/mol. The molecule has 1 aliphatic heterocycles. The first kappa shape index (κ1) is 13.1. The van der Waals surface area contributed by atoms with E-state index < -0.39 is 0 Å². The maximum Gasteiger partial charge on any atom is 0.254 e. The summed E-state index contributed by atoms with van der Waals surface area (Å²) in [7, 11) is 0. The Morgan fingerprint density at radius 2 is 2.35 bits per heavy atom. The minimum absolute atomic E-state index is 0.0263. The molecule has 0 unspecified atom stereocenters. The van der Waals surface area contributed by atoms with E-state index >= 15 is 0 Å². The SMILES string of the molecule is C[C@@H]1CN(C(=O)c2ccc(I)c(Cl)c2)CCO1. The number of carbonyl (C=O) groups excluding carboxylic acids is 1. The number of hydrogen-bond donors (Lipinski definition) is 0. The van der Waals surface area contributed by atoms with Crippen molar-refractivity contribution in [1.29, 1.82) is 0 Å². The van der Waals surface area contributed by atoms with Crippen molar-refractivity contribution in [3.63, 3.8) is 0 Å². The first-order chi connectivity index (χ1) is 8.08. The molecular formula is C12H13ClINO2. The molecule has 0 spiro atoms. The molecule has 1 heterocycles. The highest BCUT2D eigenvalue weighted by atomic mass is 127. The average Bonchev–Trinajstić information content (AvgIpc) is 2.32. The van der Waals surface area contributed by atoms with Gasteiger partial charge in [-0.1, -0.05) is 11.6 Å². The van der Waals surface area contributed by atoms with Gasteiger partial charge in [0.25, 0.3) is 5.91 Å². The van der Waals surface area contributed by atoms with Crippen molar-refractivity contribution < 1.29 is 9.53 Å². The third kappa shape index (κ3) is 3.11. The summed E-state index contributed by atoms with van der Waals surface area (Å²) in [5, 5.41) is 0.623. The molecule has 17 heavy (non-hydrogen) atoms. The lowest BCUT2D eigenvalue weighted by Crippen LogP contribution is -2.44. The van der Waals surface area contributed by atoms with E-state index in [1.54, 1.807) is 6.07 Å². The van der Waals surface area contributed by atoms with Crippen LogP contribution in [0.15, 0.2) is 18.2 Å². The van der Waals surface area contributed by atoms with Crippen LogP contribution in [0, 0.1) is 3.57 Å². The van der Waals surface area contributed by atoms with Crippen molar-refractivity contribution in [1.82, 2.24) is 4.90 Å². The van der Waals surface area contributed by atoms with Gasteiger partial charge in [0.15, 0.2) is 0 Å². The van der Waals surface area contributed by atoms with Gasteiger partial charge in [0.1, 0.15) is 0 Å². The predicted molar refractivity (Wildman–Crippen MR) is 75.5 cm³/mol. The lowest BCUT2D eigenvalue weighted by molar-refractivity contribution is -0.0124. The van der Waals surface area contributed by atoms with Gasteiger partial charge in [-0.2, -0.15) is 0 Å². The van der Waals surface area contributed by atoms with E-state index in [2.05, 4.69) is 22.6 Å². The van der Waals surface area contributed by atoms with Crippen molar-refractivity contribution >= 4 is 40.1 Å². The number of rotatable bonds is 1. The van der Waals surface area contributed by atoms with Crippen molar-refractivity contribution in [3.05, 3.63) is 32.4 Å². The third-order valence-electron chi connectivity index (χ3n) is 2.69. The van der Waals surface area contributed by atoms with E-state index in [0.29, 0.717) is 30.3 Å². The Bertz CT molecular complexity index is 439. The Morgan fingerprint density at radius 3 is 3.00 bits per heavy atom. The molecule has 3 nitrogen and oxygen atoms in total. The van der Waals surface area contributed by atoms with Gasteiger partial charge < -0.3 is 9.64 Å². The molecule has 5 heteroatoms. The minimum Gasteiger partial charge on any atom is -0.375 e. The molecule has 1 aliphatic rings. The van der Waals surface area contributed by atoms with Crippen LogP contribution in [0.2, 0.25) is 5.02 Å². The Morgan fingerprint density at radius 1 is 1.59 bits per heavy atom. The maximum absolute atomic E-state index is 12.2. The highest BCUT2D eigenvalue weighted by molar-refractivity contribution is 14.1. The van der Waals surface area contributed by atoms with Crippen LogP contribution in [0.3, 0.4) is 0 Å². The van der Waals surface area contributed by atoms with Gasteiger partial charge in [0.2, 0.25) is 0 Å². The Balaban J connectivity index is 2.15. The van der Waals surface area contributed by atoms with Crippen molar-refractivity contribution in [2.45, 2.75) is 13.0 Å². The van der Waals surface area contributed by atoms with Crippen LogP contribution < -0.4 is 0 Å². The van der Waals surface area contributed by atoms with Crippen molar-refractivity contribution in [2.75, 3.05) is 19.7 Å². The summed E-state index contributed by atoms with van der Waals surface area (Å²) in [6.45, 7) is 3.86. The summed E-state index contributed by atoms with van der Waals surface area (Å²) in [4.78, 5) is 14.0. The Labute approximate surface area is 119 Å². The zero-order valence-electron chi connectivity index (χ0n) is 9.45. The summed E-state index contributed by atoms with van der Waals surface area (Å²) in [5.74, 6) is 0.0263. The van der Waals surface area contributed by atoms with Crippen LogP contribution in [0.4, 0.5) is 0 Å². The normalized spacial score (nSPS) is 20.4. The number of nitrogens with zero attached hydrogens (tertiary/aromatic N) is 1. The van der Waals surface area contributed by atoms with Crippen molar-refractivity contribution in [3.8, 4) is 0 Å². The molecule has 2 rings (SSSR count). The second-order valence-corrected chi connectivity index (χ2v) is 5.63. The minimum atomic E-state index is 0.0263. The summed E-state index contributed by atoms with van der Waals surface area (Å²) in [6, 6.07) is 5.40. The topological polar surface area (TPSA) is 29.5 Å². The van der Waals surface area contributed by atoms with Gasteiger partial charge in [0, 0.05) is 22.2 Å². The maximum atomic E-state index is 12.2. The quantitative estimate of drug-likeness (QED) is 0.716. The summed E-state index contributed by atoms with van der Waals surface area (Å²) < 4.78 is 6.37. The van der Waals surface area contributed by atoms with E-state index in [-0.39, 0.29) is 12.0 Å². The number of halogens is 2. The zero-order valence-corrected chi connectivity index (χ0v) is 12.4. The molecule has 0 N–H and O–H groups in total. The van der Waals surface area contributed by atoms with Crippen molar-refractivity contribution in [2.24, 2.45) is 0 Å². The first-order valence-corrected chi connectivity index (χ1v) is 6.89. The molecule has 1 saturated heterocycles. The van der Waals surface area contributed by atoms with Crippen LogP contribution in [0.25, 0.3) is 0 Å². The fraction of sp³-hybridized carbons (Fsp3) is 0.417. The van der Waals surface area contributed by atoms with Crippen LogP contribution in [-0.2, 0) is 4.74 Å². The fourth-order valence-corrected chi connectivity index (χ4v) is 2.33. The molecule has 0 bridgehead atoms. The van der Waals surface area contributed by atoms with Gasteiger partial charge >= 0.3 is 0 Å². The van der Waals surface area contributed by atoms with Gasteiger partial charge in [-0.3, -0.25) is 4.79 Å². The predicted octanol–water partition coefficient (Wildman–Crippen LogP) is 2.81. The summed E-state index contributed by atoms with van der Waals surface area (Å²) in [6.07, 6.45) is 0.104. The Kier molecular flexibility index (Phi) is 4.27. The lowest BCUT2D eigenvalue weighted by atomic mass is 10.2. The lowest BCUT2D eigenvalue weighted by Gasteiger charge is -2.31. The molecule has 0 radical (unpaired) electrons. The smallest absolute Gasteiger partial charge is 0.254 e. The molecule has 0 saturated carbocycles. The fourth-order valence-electron chi connectivity index (χ4n) is 1.81. The number of benzene rings is 1. The van der Waals surface area contributed by atoms with Gasteiger partial charge in [0.05, 0.1) is 17.7 Å². The first-order valence-electron chi connectivity index (χ1n) is 5.44. The molecule has 0 aliphatic carbocycles. The molecule has 1 amide bonds. The molecule has 0 aromatic heterocycles. The second-order valence-electron chi connectivity index (χ2n) is 4.06. The average molecular weight is 366 g/mol.